The number of rotatable bonds is 8. The second kappa shape index (κ2) is 11.7. The number of nitrogens with zero attached hydrogens (tertiary/aromatic N) is 1. The molecule has 1 aliphatic rings. The molecule has 0 spiro atoms. The minimum absolute atomic E-state index is 0.210. The lowest BCUT2D eigenvalue weighted by molar-refractivity contribution is 0.0695. The summed E-state index contributed by atoms with van der Waals surface area (Å²) < 4.78 is 0. The average Bonchev–Trinajstić information content (AvgIpc) is 2.87. The standard InChI is InChI=1S/C29H33N3O3/c1-2-24-25(28(33)34)12-8-14-27(24)31-29(35)30-26-13-7-6-11-23(26)20-32-17-15-22(16-18-32)19-21-9-4-3-5-10-21/h3-14,22H,2,15-20H2,1H3,(H,33,34)(H2,30,31,35). The van der Waals surface area contributed by atoms with E-state index in [0.29, 0.717) is 23.6 Å². The van der Waals surface area contributed by atoms with Gasteiger partial charge in [-0.3, -0.25) is 4.90 Å². The molecule has 3 aromatic carbocycles. The van der Waals surface area contributed by atoms with Crippen molar-refractivity contribution in [1.29, 1.82) is 0 Å². The molecule has 0 saturated carbocycles. The Morgan fingerprint density at radius 2 is 1.54 bits per heavy atom. The van der Waals surface area contributed by atoms with Crippen molar-refractivity contribution in [1.82, 2.24) is 4.90 Å². The van der Waals surface area contributed by atoms with E-state index < -0.39 is 5.97 Å². The van der Waals surface area contributed by atoms with Gasteiger partial charge in [0.05, 0.1) is 5.56 Å². The normalized spacial score (nSPS) is 14.4. The first kappa shape index (κ1) is 24.5. The molecule has 0 unspecified atom stereocenters. The molecule has 182 valence electrons. The quantitative estimate of drug-likeness (QED) is 0.374. The number of carboxylic acids is 1. The summed E-state index contributed by atoms with van der Waals surface area (Å²) in [5.41, 5.74) is 4.58. The van der Waals surface area contributed by atoms with Crippen LogP contribution in [0.15, 0.2) is 72.8 Å². The van der Waals surface area contributed by atoms with Crippen LogP contribution in [-0.2, 0) is 19.4 Å². The lowest BCUT2D eigenvalue weighted by Crippen LogP contribution is -2.34. The Bertz CT molecular complexity index is 1150. The topological polar surface area (TPSA) is 81.7 Å². The third-order valence-electron chi connectivity index (χ3n) is 6.74. The number of benzene rings is 3. The Balaban J connectivity index is 1.35. The van der Waals surface area contributed by atoms with Crippen LogP contribution in [0.4, 0.5) is 16.2 Å². The number of nitrogens with one attached hydrogen (secondary N) is 2. The Kier molecular flexibility index (Phi) is 8.16. The van der Waals surface area contributed by atoms with Crippen LogP contribution >= 0.6 is 0 Å². The van der Waals surface area contributed by atoms with Gasteiger partial charge < -0.3 is 15.7 Å². The van der Waals surface area contributed by atoms with Crippen molar-refractivity contribution >= 4 is 23.4 Å². The van der Waals surface area contributed by atoms with Crippen LogP contribution in [0.3, 0.4) is 0 Å². The third-order valence-corrected chi connectivity index (χ3v) is 6.74. The average molecular weight is 472 g/mol. The van der Waals surface area contributed by atoms with Crippen molar-refractivity contribution in [2.75, 3.05) is 23.7 Å². The number of likely N-dealkylation sites (tertiary alicyclic amines) is 1. The molecule has 0 aromatic heterocycles. The lowest BCUT2D eigenvalue weighted by Gasteiger charge is -2.32. The number of para-hydroxylation sites is 1. The van der Waals surface area contributed by atoms with E-state index in [2.05, 4.69) is 45.9 Å². The maximum Gasteiger partial charge on any atom is 0.336 e. The number of urea groups is 1. The van der Waals surface area contributed by atoms with Gasteiger partial charge in [-0.2, -0.15) is 0 Å². The van der Waals surface area contributed by atoms with Crippen LogP contribution in [0.5, 0.6) is 0 Å². The van der Waals surface area contributed by atoms with Crippen molar-refractivity contribution in [3.63, 3.8) is 0 Å². The molecule has 0 bridgehead atoms. The second-order valence-electron chi connectivity index (χ2n) is 9.14. The lowest BCUT2D eigenvalue weighted by atomic mass is 9.90. The zero-order valence-corrected chi connectivity index (χ0v) is 20.2. The highest BCUT2D eigenvalue weighted by Gasteiger charge is 2.21. The fourth-order valence-corrected chi connectivity index (χ4v) is 4.88. The first-order chi connectivity index (χ1) is 17.0. The van der Waals surface area contributed by atoms with Gasteiger partial charge >= 0.3 is 12.0 Å². The van der Waals surface area contributed by atoms with E-state index in [0.717, 1.165) is 37.3 Å². The highest BCUT2D eigenvalue weighted by molar-refractivity contribution is 6.02. The smallest absolute Gasteiger partial charge is 0.336 e. The Morgan fingerprint density at radius 3 is 2.26 bits per heavy atom. The van der Waals surface area contributed by atoms with Gasteiger partial charge in [0.2, 0.25) is 0 Å². The van der Waals surface area contributed by atoms with Gasteiger partial charge in [0.1, 0.15) is 0 Å². The summed E-state index contributed by atoms with van der Waals surface area (Å²) in [5, 5.41) is 15.2. The number of hydrogen-bond donors (Lipinski definition) is 3. The van der Waals surface area contributed by atoms with Crippen LogP contribution in [0.1, 0.15) is 46.8 Å². The molecule has 0 atom stereocenters. The summed E-state index contributed by atoms with van der Waals surface area (Å²) in [6.07, 6.45) is 3.99. The third kappa shape index (κ3) is 6.49. The number of hydrogen-bond acceptors (Lipinski definition) is 3. The molecule has 2 amide bonds. The van der Waals surface area contributed by atoms with Gasteiger partial charge in [0.25, 0.3) is 0 Å². The van der Waals surface area contributed by atoms with Crippen LogP contribution in [-0.4, -0.2) is 35.1 Å². The SMILES string of the molecule is CCc1c(NC(=O)Nc2ccccc2CN2CCC(Cc3ccccc3)CC2)cccc1C(=O)O. The van der Waals surface area contributed by atoms with E-state index in [-0.39, 0.29) is 11.6 Å². The fourth-order valence-electron chi connectivity index (χ4n) is 4.88. The minimum Gasteiger partial charge on any atom is -0.478 e. The summed E-state index contributed by atoms with van der Waals surface area (Å²) in [4.78, 5) is 26.8. The summed E-state index contributed by atoms with van der Waals surface area (Å²) in [6, 6.07) is 23.1. The van der Waals surface area contributed by atoms with E-state index in [4.69, 9.17) is 0 Å². The van der Waals surface area contributed by atoms with Crippen molar-refractivity contribution in [3.8, 4) is 0 Å². The molecule has 6 heteroatoms. The van der Waals surface area contributed by atoms with E-state index in [1.165, 1.54) is 18.4 Å². The van der Waals surface area contributed by atoms with Gasteiger partial charge in [-0.05, 0) is 79.6 Å². The molecule has 1 fully saturated rings. The zero-order chi connectivity index (χ0) is 24.6. The maximum atomic E-state index is 12.8. The van der Waals surface area contributed by atoms with Crippen molar-refractivity contribution in [2.45, 2.75) is 39.2 Å². The van der Waals surface area contributed by atoms with Crippen LogP contribution < -0.4 is 10.6 Å². The number of carbonyl (C=O) groups excluding carboxylic acids is 1. The number of carboxylic acid groups (broad SMARTS) is 1. The summed E-state index contributed by atoms with van der Waals surface area (Å²) >= 11 is 0. The molecule has 3 aromatic rings. The summed E-state index contributed by atoms with van der Waals surface area (Å²) in [7, 11) is 0. The fraction of sp³-hybridized carbons (Fsp3) is 0.310. The number of carbonyl (C=O) groups is 2. The molecule has 4 rings (SSSR count). The Labute approximate surface area is 207 Å². The summed E-state index contributed by atoms with van der Waals surface area (Å²) in [5.74, 6) is -0.286. The van der Waals surface area contributed by atoms with Gasteiger partial charge in [-0.1, -0.05) is 61.5 Å². The van der Waals surface area contributed by atoms with E-state index in [1.54, 1.807) is 18.2 Å². The molecule has 1 saturated heterocycles. The van der Waals surface area contributed by atoms with Crippen LogP contribution in [0.25, 0.3) is 0 Å². The largest absolute Gasteiger partial charge is 0.478 e. The van der Waals surface area contributed by atoms with Gasteiger partial charge in [0, 0.05) is 17.9 Å². The Morgan fingerprint density at radius 1 is 0.886 bits per heavy atom. The Hall–Kier alpha value is -3.64. The number of anilines is 2. The monoisotopic (exact) mass is 471 g/mol. The predicted molar refractivity (Wildman–Crippen MR) is 140 cm³/mol. The molecule has 1 aliphatic heterocycles. The van der Waals surface area contributed by atoms with Gasteiger partial charge in [-0.15, -0.1) is 0 Å². The maximum absolute atomic E-state index is 12.8. The van der Waals surface area contributed by atoms with Crippen molar-refractivity contribution in [2.24, 2.45) is 5.92 Å². The number of aromatic carboxylic acids is 1. The van der Waals surface area contributed by atoms with E-state index in [9.17, 15) is 14.7 Å². The van der Waals surface area contributed by atoms with Crippen molar-refractivity contribution < 1.29 is 14.7 Å². The predicted octanol–water partition coefficient (Wildman–Crippen LogP) is 6.05. The van der Waals surface area contributed by atoms with Gasteiger partial charge in [0.15, 0.2) is 0 Å². The molecule has 6 nitrogen and oxygen atoms in total. The number of amides is 2. The molecular weight excluding hydrogens is 438 g/mol. The zero-order valence-electron chi connectivity index (χ0n) is 20.2. The van der Waals surface area contributed by atoms with Crippen LogP contribution in [0.2, 0.25) is 0 Å². The van der Waals surface area contributed by atoms with E-state index in [1.807, 2.05) is 31.2 Å². The molecular formula is C29H33N3O3. The minimum atomic E-state index is -0.996. The van der Waals surface area contributed by atoms with E-state index >= 15 is 0 Å². The molecule has 3 N–H and O–H groups in total. The summed E-state index contributed by atoms with van der Waals surface area (Å²) in [6.45, 7) is 4.74. The number of piperidine rings is 1. The molecule has 1 heterocycles. The highest BCUT2D eigenvalue weighted by Crippen LogP contribution is 2.26. The molecule has 35 heavy (non-hydrogen) atoms. The molecule has 0 radical (unpaired) electrons. The first-order valence-electron chi connectivity index (χ1n) is 12.3. The highest BCUT2D eigenvalue weighted by atomic mass is 16.4. The van der Waals surface area contributed by atoms with Crippen LogP contribution in [0, 0.1) is 5.92 Å². The van der Waals surface area contributed by atoms with Gasteiger partial charge in [-0.25, -0.2) is 9.59 Å². The van der Waals surface area contributed by atoms with Crippen molar-refractivity contribution in [3.05, 3.63) is 95.1 Å². The molecule has 0 aliphatic carbocycles. The first-order valence-corrected chi connectivity index (χ1v) is 12.3. The second-order valence-corrected chi connectivity index (χ2v) is 9.14.